The fraction of sp³-hybridized carbons (Fsp3) is 0.222. The molecule has 1 atom stereocenters. The van der Waals surface area contributed by atoms with Crippen LogP contribution in [0.25, 0.3) is 11.3 Å². The van der Waals surface area contributed by atoms with Crippen LogP contribution in [0.4, 0.5) is 23.7 Å². The Hall–Kier alpha value is -4.52. The van der Waals surface area contributed by atoms with Crippen LogP contribution in [0.1, 0.15) is 36.1 Å². The molecule has 1 N–H and O–H groups in total. The molecule has 0 saturated carbocycles. The van der Waals surface area contributed by atoms with Crippen LogP contribution in [0, 0.1) is 11.3 Å². The highest BCUT2D eigenvalue weighted by Gasteiger charge is 2.43. The summed E-state index contributed by atoms with van der Waals surface area (Å²) in [4.78, 5) is 20.7. The summed E-state index contributed by atoms with van der Waals surface area (Å²) in [6.07, 6.45) is 0.579. The molecule has 3 aromatic rings. The van der Waals surface area contributed by atoms with Gasteiger partial charge >= 0.3 is 12.2 Å². The van der Waals surface area contributed by atoms with E-state index in [-0.39, 0.29) is 5.69 Å². The lowest BCUT2D eigenvalue weighted by molar-refractivity contribution is -0.137. The number of aromatic nitrogens is 1. The molecule has 1 aromatic heterocycles. The van der Waals surface area contributed by atoms with Gasteiger partial charge in [-0.1, -0.05) is 18.2 Å². The SMILES string of the molecule is CC=C1NCCC2=C1[C@H](c1ccc(C#N)cc1-c1cnco1)N(C)C(=O)N2c1cccc(C(F)(F)F)c1. The van der Waals surface area contributed by atoms with E-state index in [1.165, 1.54) is 34.5 Å². The monoisotopic (exact) mass is 505 g/mol. The second-order valence-electron chi connectivity index (χ2n) is 8.70. The Kier molecular flexibility index (Phi) is 5.99. The minimum absolute atomic E-state index is 0.144. The van der Waals surface area contributed by atoms with Crippen molar-refractivity contribution in [2.75, 3.05) is 18.5 Å². The van der Waals surface area contributed by atoms with Crippen LogP contribution in [-0.2, 0) is 6.18 Å². The van der Waals surface area contributed by atoms with Crippen LogP contribution in [0.3, 0.4) is 0 Å². The van der Waals surface area contributed by atoms with Crippen LogP contribution in [-0.4, -0.2) is 29.5 Å². The van der Waals surface area contributed by atoms with Crippen molar-refractivity contribution in [1.82, 2.24) is 15.2 Å². The van der Waals surface area contributed by atoms with E-state index < -0.39 is 23.8 Å². The number of carbonyl (C=O) groups excluding carboxylic acids is 1. The summed E-state index contributed by atoms with van der Waals surface area (Å²) >= 11 is 0. The minimum Gasteiger partial charge on any atom is -0.444 e. The molecule has 10 heteroatoms. The van der Waals surface area contributed by atoms with Crippen molar-refractivity contribution in [3.63, 3.8) is 0 Å². The Morgan fingerprint density at radius 3 is 2.73 bits per heavy atom. The van der Waals surface area contributed by atoms with Crippen molar-refractivity contribution in [3.8, 4) is 17.4 Å². The quantitative estimate of drug-likeness (QED) is 0.472. The third kappa shape index (κ3) is 4.12. The van der Waals surface area contributed by atoms with Gasteiger partial charge in [0, 0.05) is 42.5 Å². The molecule has 0 aliphatic carbocycles. The van der Waals surface area contributed by atoms with Crippen LogP contribution in [0.5, 0.6) is 0 Å². The molecule has 3 heterocycles. The highest BCUT2D eigenvalue weighted by atomic mass is 19.4. The van der Waals surface area contributed by atoms with Gasteiger partial charge in [0.1, 0.15) is 0 Å². The maximum Gasteiger partial charge on any atom is 0.416 e. The fourth-order valence-electron chi connectivity index (χ4n) is 4.95. The Morgan fingerprint density at radius 2 is 2.05 bits per heavy atom. The van der Waals surface area contributed by atoms with E-state index in [9.17, 15) is 23.2 Å². The lowest BCUT2D eigenvalue weighted by Gasteiger charge is -2.45. The third-order valence-corrected chi connectivity index (χ3v) is 6.60. The van der Waals surface area contributed by atoms with Gasteiger partial charge in [-0.25, -0.2) is 9.78 Å². The van der Waals surface area contributed by atoms with Gasteiger partial charge in [0.15, 0.2) is 12.2 Å². The van der Waals surface area contributed by atoms with Crippen LogP contribution in [0.15, 0.2) is 82.5 Å². The maximum absolute atomic E-state index is 13.8. The summed E-state index contributed by atoms with van der Waals surface area (Å²) in [5.74, 6) is 0.432. The van der Waals surface area contributed by atoms with Crippen molar-refractivity contribution in [1.29, 1.82) is 5.26 Å². The number of anilines is 1. The Labute approximate surface area is 211 Å². The molecule has 7 nitrogen and oxygen atoms in total. The Balaban J connectivity index is 1.75. The predicted molar refractivity (Wildman–Crippen MR) is 130 cm³/mol. The summed E-state index contributed by atoms with van der Waals surface area (Å²) in [6.45, 7) is 2.37. The van der Waals surface area contributed by atoms with Gasteiger partial charge in [-0.2, -0.15) is 18.4 Å². The zero-order valence-corrected chi connectivity index (χ0v) is 20.0. The molecule has 2 aliphatic rings. The number of nitriles is 1. The largest absolute Gasteiger partial charge is 0.444 e. The zero-order valence-electron chi connectivity index (χ0n) is 20.0. The topological polar surface area (TPSA) is 85.4 Å². The second kappa shape index (κ2) is 9.17. The number of nitrogens with zero attached hydrogens (tertiary/aromatic N) is 4. The first-order valence-electron chi connectivity index (χ1n) is 11.5. The molecule has 0 fully saturated rings. The van der Waals surface area contributed by atoms with E-state index in [0.29, 0.717) is 41.1 Å². The zero-order chi connectivity index (χ0) is 26.3. The van der Waals surface area contributed by atoms with Gasteiger partial charge < -0.3 is 14.6 Å². The Morgan fingerprint density at radius 1 is 1.24 bits per heavy atom. The van der Waals surface area contributed by atoms with Crippen molar-refractivity contribution in [3.05, 3.63) is 94.8 Å². The molecule has 0 unspecified atom stereocenters. The highest BCUT2D eigenvalue weighted by molar-refractivity contribution is 5.98. The number of alkyl halides is 3. The van der Waals surface area contributed by atoms with Crippen molar-refractivity contribution in [2.24, 2.45) is 0 Å². The number of halogens is 3. The minimum atomic E-state index is -4.54. The number of oxazole rings is 1. The molecule has 0 spiro atoms. The molecule has 0 saturated heterocycles. The molecule has 188 valence electrons. The van der Waals surface area contributed by atoms with E-state index >= 15 is 0 Å². The molecule has 2 amide bonds. The second-order valence-corrected chi connectivity index (χ2v) is 8.70. The molecule has 37 heavy (non-hydrogen) atoms. The number of amides is 2. The Bertz CT molecular complexity index is 1470. The van der Waals surface area contributed by atoms with Crippen LogP contribution >= 0.6 is 0 Å². The lowest BCUT2D eigenvalue weighted by Crippen LogP contribution is -2.51. The molecular formula is C27H22F3N5O2. The number of hydrogen-bond acceptors (Lipinski definition) is 5. The highest BCUT2D eigenvalue weighted by Crippen LogP contribution is 2.46. The average Bonchev–Trinajstić information content (AvgIpc) is 3.44. The van der Waals surface area contributed by atoms with Crippen LogP contribution in [0.2, 0.25) is 0 Å². The molecule has 2 aliphatic heterocycles. The molecule has 0 radical (unpaired) electrons. The number of rotatable bonds is 3. The first-order chi connectivity index (χ1) is 17.7. The standard InChI is InChI=1S/C27H22F3N5O2/c1-3-21-24-22(9-10-33-21)35(18-6-4-5-17(12-18)27(28,29)30)26(36)34(2)25(24)19-8-7-16(13-31)11-20(19)23-14-32-15-37-23/h3-8,11-12,14-15,25,33H,9-10H2,1-2H3/t25-/m0/s1. The van der Waals surface area contributed by atoms with Gasteiger partial charge in [-0.15, -0.1) is 0 Å². The fourth-order valence-corrected chi connectivity index (χ4v) is 4.95. The maximum atomic E-state index is 13.8. The lowest BCUT2D eigenvalue weighted by atomic mass is 9.84. The van der Waals surface area contributed by atoms with Crippen molar-refractivity contribution >= 4 is 11.7 Å². The summed E-state index contributed by atoms with van der Waals surface area (Å²) in [6, 6.07) is 11.0. The molecule has 0 bridgehead atoms. The number of carbonyl (C=O) groups is 1. The van der Waals surface area contributed by atoms with E-state index in [1.54, 1.807) is 25.2 Å². The van der Waals surface area contributed by atoms with E-state index in [1.807, 2.05) is 13.0 Å². The van der Waals surface area contributed by atoms with E-state index in [4.69, 9.17) is 4.42 Å². The molecule has 5 rings (SSSR count). The molecule has 2 aromatic carbocycles. The summed E-state index contributed by atoms with van der Waals surface area (Å²) in [7, 11) is 1.61. The van der Waals surface area contributed by atoms with Gasteiger partial charge in [-0.05, 0) is 42.8 Å². The first-order valence-corrected chi connectivity index (χ1v) is 11.5. The predicted octanol–water partition coefficient (Wildman–Crippen LogP) is 6.00. The first kappa shape index (κ1) is 24.2. The average molecular weight is 506 g/mol. The van der Waals surface area contributed by atoms with Crippen molar-refractivity contribution in [2.45, 2.75) is 25.6 Å². The van der Waals surface area contributed by atoms with E-state index in [2.05, 4.69) is 16.4 Å². The third-order valence-electron chi connectivity index (χ3n) is 6.60. The van der Waals surface area contributed by atoms with E-state index in [0.717, 1.165) is 23.4 Å². The van der Waals surface area contributed by atoms with Gasteiger partial charge in [0.05, 0.1) is 35.1 Å². The number of hydrogen-bond donors (Lipinski definition) is 1. The number of likely N-dealkylation sites (N-methyl/N-ethyl adjacent to an activating group) is 1. The van der Waals surface area contributed by atoms with Gasteiger partial charge in [0.25, 0.3) is 0 Å². The van der Waals surface area contributed by atoms with Crippen molar-refractivity contribution < 1.29 is 22.4 Å². The smallest absolute Gasteiger partial charge is 0.416 e. The van der Waals surface area contributed by atoms with Gasteiger partial charge in [-0.3, -0.25) is 4.90 Å². The van der Waals surface area contributed by atoms with Gasteiger partial charge in [0.2, 0.25) is 0 Å². The number of urea groups is 1. The van der Waals surface area contributed by atoms with Crippen LogP contribution < -0.4 is 10.2 Å². The molecular weight excluding hydrogens is 483 g/mol. The number of allylic oxidation sites excluding steroid dienone is 1. The number of nitrogens with one attached hydrogen (secondary N) is 1. The summed E-state index contributed by atoms with van der Waals surface area (Å²) in [5, 5.41) is 12.8. The summed E-state index contributed by atoms with van der Waals surface area (Å²) in [5.41, 5.74) is 3.18. The normalized spacial score (nSPS) is 19.1. The summed E-state index contributed by atoms with van der Waals surface area (Å²) < 4.78 is 46.1. The number of benzene rings is 2.